The van der Waals surface area contributed by atoms with Crippen molar-refractivity contribution < 1.29 is 18.3 Å². The van der Waals surface area contributed by atoms with Crippen molar-refractivity contribution >= 4 is 17.4 Å². The maximum Gasteiger partial charge on any atom is 0.323 e. The fourth-order valence-electron chi connectivity index (χ4n) is 2.57. The van der Waals surface area contributed by atoms with Crippen LogP contribution in [-0.2, 0) is 0 Å². The summed E-state index contributed by atoms with van der Waals surface area (Å²) in [6.07, 6.45) is 6.36. The predicted molar refractivity (Wildman–Crippen MR) is 105 cm³/mol. The molecule has 30 heavy (non-hydrogen) atoms. The van der Waals surface area contributed by atoms with Crippen molar-refractivity contribution in [3.05, 3.63) is 85.2 Å². The molecule has 2 amide bonds. The molecule has 2 heterocycles. The Balaban J connectivity index is 1.38. The summed E-state index contributed by atoms with van der Waals surface area (Å²) in [5.74, 6) is -0.148. The maximum atomic E-state index is 13.2. The number of anilines is 2. The lowest BCUT2D eigenvalue weighted by Crippen LogP contribution is -2.19. The Kier molecular flexibility index (Phi) is 5.29. The highest BCUT2D eigenvalue weighted by Crippen LogP contribution is 2.22. The molecule has 0 atom stereocenters. The number of carbonyl (C=O) groups excluding carboxylic acids is 1. The second kappa shape index (κ2) is 8.35. The number of hydrogen-bond donors (Lipinski definition) is 2. The third-order valence-corrected chi connectivity index (χ3v) is 3.85. The van der Waals surface area contributed by atoms with E-state index in [4.69, 9.17) is 4.74 Å². The van der Waals surface area contributed by atoms with Gasteiger partial charge in [0.25, 0.3) is 0 Å². The highest BCUT2D eigenvalue weighted by Gasteiger charge is 2.07. The van der Waals surface area contributed by atoms with Gasteiger partial charge in [0.1, 0.15) is 35.9 Å². The summed E-state index contributed by atoms with van der Waals surface area (Å²) in [7, 11) is 0. The number of hydrogen-bond acceptors (Lipinski definition) is 5. The van der Waals surface area contributed by atoms with Crippen LogP contribution in [0.3, 0.4) is 0 Å². The third kappa shape index (κ3) is 4.73. The molecule has 8 nitrogen and oxygen atoms in total. The van der Waals surface area contributed by atoms with Gasteiger partial charge in [-0.2, -0.15) is 0 Å². The average Bonchev–Trinajstić information content (AvgIpc) is 3.24. The Bertz CT molecular complexity index is 1150. The van der Waals surface area contributed by atoms with Gasteiger partial charge < -0.3 is 15.4 Å². The van der Waals surface area contributed by atoms with Gasteiger partial charge in [-0.05, 0) is 36.4 Å². The molecule has 10 heteroatoms. The molecule has 0 aliphatic heterocycles. The van der Waals surface area contributed by atoms with Gasteiger partial charge in [0.05, 0.1) is 0 Å². The SMILES string of the molecule is O=C(Nc1ccc(Oc2cc(-n3ccnc3)ncn2)cc1)Nc1cc(F)cc(F)c1. The van der Waals surface area contributed by atoms with Gasteiger partial charge in [0.2, 0.25) is 5.88 Å². The van der Waals surface area contributed by atoms with Gasteiger partial charge in [-0.3, -0.25) is 4.57 Å². The number of rotatable bonds is 5. The number of amides is 2. The molecule has 0 radical (unpaired) electrons. The Morgan fingerprint density at radius 3 is 2.37 bits per heavy atom. The van der Waals surface area contributed by atoms with Crippen molar-refractivity contribution in [2.24, 2.45) is 0 Å². The number of benzene rings is 2. The molecule has 0 aliphatic carbocycles. The first-order valence-corrected chi connectivity index (χ1v) is 8.67. The second-order valence-electron chi connectivity index (χ2n) is 6.05. The van der Waals surface area contributed by atoms with Crippen LogP contribution in [0.2, 0.25) is 0 Å². The van der Waals surface area contributed by atoms with Crippen LogP contribution in [0.5, 0.6) is 11.6 Å². The van der Waals surface area contributed by atoms with E-state index in [0.29, 0.717) is 23.1 Å². The second-order valence-corrected chi connectivity index (χ2v) is 6.05. The maximum absolute atomic E-state index is 13.2. The fourth-order valence-corrected chi connectivity index (χ4v) is 2.57. The molecule has 0 saturated carbocycles. The van der Waals surface area contributed by atoms with Gasteiger partial charge in [-0.1, -0.05) is 0 Å². The zero-order chi connectivity index (χ0) is 20.9. The largest absolute Gasteiger partial charge is 0.439 e. The molecule has 0 saturated heterocycles. The number of ether oxygens (including phenoxy) is 1. The van der Waals surface area contributed by atoms with Crippen molar-refractivity contribution in [3.63, 3.8) is 0 Å². The first-order chi connectivity index (χ1) is 14.5. The van der Waals surface area contributed by atoms with Crippen LogP contribution < -0.4 is 15.4 Å². The summed E-state index contributed by atoms with van der Waals surface area (Å²) >= 11 is 0. The molecule has 0 aliphatic rings. The zero-order valence-electron chi connectivity index (χ0n) is 15.3. The minimum atomic E-state index is -0.785. The van der Waals surface area contributed by atoms with Crippen molar-refractivity contribution in [2.45, 2.75) is 0 Å². The molecule has 150 valence electrons. The number of carbonyl (C=O) groups is 1. The summed E-state index contributed by atoms with van der Waals surface area (Å²) in [6, 6.07) is 10.2. The van der Waals surface area contributed by atoms with Gasteiger partial charge >= 0.3 is 6.03 Å². The fraction of sp³-hybridized carbons (Fsp3) is 0. The van der Waals surface area contributed by atoms with E-state index in [9.17, 15) is 13.6 Å². The average molecular weight is 408 g/mol. The first-order valence-electron chi connectivity index (χ1n) is 8.67. The summed E-state index contributed by atoms with van der Waals surface area (Å²) < 4.78 is 33.8. The molecule has 2 aromatic heterocycles. The monoisotopic (exact) mass is 408 g/mol. The molecule has 2 N–H and O–H groups in total. The van der Waals surface area contributed by atoms with E-state index in [1.54, 1.807) is 53.6 Å². The van der Waals surface area contributed by atoms with E-state index >= 15 is 0 Å². The normalized spacial score (nSPS) is 10.5. The highest BCUT2D eigenvalue weighted by atomic mass is 19.1. The lowest BCUT2D eigenvalue weighted by atomic mass is 10.3. The molecule has 0 fully saturated rings. The third-order valence-electron chi connectivity index (χ3n) is 3.85. The minimum Gasteiger partial charge on any atom is -0.439 e. The molecular weight excluding hydrogens is 394 g/mol. The lowest BCUT2D eigenvalue weighted by Gasteiger charge is -2.09. The predicted octanol–water partition coefficient (Wildman–Crippen LogP) is 4.38. The van der Waals surface area contributed by atoms with Crippen LogP contribution in [0.4, 0.5) is 25.0 Å². The van der Waals surface area contributed by atoms with E-state index < -0.39 is 17.7 Å². The summed E-state index contributed by atoms with van der Waals surface area (Å²) in [6.45, 7) is 0. The van der Waals surface area contributed by atoms with Crippen LogP contribution in [0.25, 0.3) is 5.82 Å². The smallest absolute Gasteiger partial charge is 0.323 e. The zero-order valence-corrected chi connectivity index (χ0v) is 15.3. The number of aromatic nitrogens is 4. The number of urea groups is 1. The van der Waals surface area contributed by atoms with Crippen LogP contribution in [0, 0.1) is 11.6 Å². The van der Waals surface area contributed by atoms with Crippen LogP contribution in [0.15, 0.2) is 73.6 Å². The first kappa shape index (κ1) is 19.0. The van der Waals surface area contributed by atoms with Crippen molar-refractivity contribution in [1.29, 1.82) is 0 Å². The van der Waals surface area contributed by atoms with Crippen LogP contribution >= 0.6 is 0 Å². The Morgan fingerprint density at radius 1 is 0.933 bits per heavy atom. The van der Waals surface area contributed by atoms with Gasteiger partial charge in [0.15, 0.2) is 0 Å². The molecule has 0 unspecified atom stereocenters. The molecule has 0 spiro atoms. The number of imidazole rings is 1. The standard InChI is InChI=1S/C20H14F2N6O2/c21-13-7-14(22)9-16(8-13)27-20(29)26-15-1-3-17(4-2-15)30-19-10-18(24-11-25-19)28-6-5-23-12-28/h1-12H,(H2,26,27,29). The van der Waals surface area contributed by atoms with Crippen molar-refractivity contribution in [1.82, 2.24) is 19.5 Å². The number of nitrogens with zero attached hydrogens (tertiary/aromatic N) is 4. The van der Waals surface area contributed by atoms with Gasteiger partial charge in [-0.25, -0.2) is 28.5 Å². The van der Waals surface area contributed by atoms with E-state index in [2.05, 4.69) is 25.6 Å². The summed E-state index contributed by atoms with van der Waals surface area (Å²) in [5.41, 5.74) is 0.459. The quantitative estimate of drug-likeness (QED) is 0.511. The lowest BCUT2D eigenvalue weighted by molar-refractivity contribution is 0.262. The van der Waals surface area contributed by atoms with Crippen LogP contribution in [0.1, 0.15) is 0 Å². The highest BCUT2D eigenvalue weighted by molar-refractivity contribution is 5.99. The Labute approximate surface area is 169 Å². The molecule has 4 rings (SSSR count). The Hall–Kier alpha value is -4.34. The molecule has 2 aromatic carbocycles. The van der Waals surface area contributed by atoms with E-state index in [-0.39, 0.29) is 5.69 Å². The Morgan fingerprint density at radius 2 is 1.67 bits per heavy atom. The number of halogens is 2. The number of nitrogens with one attached hydrogen (secondary N) is 2. The van der Waals surface area contributed by atoms with E-state index in [1.165, 1.54) is 6.33 Å². The molecular formula is C20H14F2N6O2. The molecule has 0 bridgehead atoms. The van der Waals surface area contributed by atoms with Crippen molar-refractivity contribution in [2.75, 3.05) is 10.6 Å². The van der Waals surface area contributed by atoms with E-state index in [1.807, 2.05) is 0 Å². The van der Waals surface area contributed by atoms with E-state index in [0.717, 1.165) is 18.2 Å². The topological polar surface area (TPSA) is 94.0 Å². The molecule has 4 aromatic rings. The van der Waals surface area contributed by atoms with Crippen molar-refractivity contribution in [3.8, 4) is 17.4 Å². The summed E-state index contributed by atoms with van der Waals surface area (Å²) in [5, 5.41) is 4.92. The van der Waals surface area contributed by atoms with Crippen LogP contribution in [-0.4, -0.2) is 25.6 Å². The summed E-state index contributed by atoms with van der Waals surface area (Å²) in [4.78, 5) is 24.2. The van der Waals surface area contributed by atoms with Gasteiger partial charge in [0, 0.05) is 35.9 Å². The minimum absolute atomic E-state index is 0.00223. The van der Waals surface area contributed by atoms with Gasteiger partial charge in [-0.15, -0.1) is 0 Å².